The molecule has 3 N–H and O–H groups in total. The van der Waals surface area contributed by atoms with Gasteiger partial charge in [0.1, 0.15) is 23.9 Å². The van der Waals surface area contributed by atoms with Gasteiger partial charge in [-0.3, -0.25) is 34.0 Å². The normalized spacial score (nSPS) is 22.7. The monoisotopic (exact) mass is 973 g/mol. The van der Waals surface area contributed by atoms with Crippen molar-refractivity contribution in [3.63, 3.8) is 0 Å². The van der Waals surface area contributed by atoms with Crippen molar-refractivity contribution in [2.24, 2.45) is 16.7 Å². The number of nitrogens with zero attached hydrogens (tertiary/aromatic N) is 6. The third kappa shape index (κ3) is 10.6. The van der Waals surface area contributed by atoms with Crippen molar-refractivity contribution in [2.75, 3.05) is 60.5 Å². The number of fused-ring (bicyclic) bond motifs is 6. The first-order chi connectivity index (χ1) is 33.8. The van der Waals surface area contributed by atoms with E-state index in [1.165, 1.54) is 5.01 Å². The summed E-state index contributed by atoms with van der Waals surface area (Å²) in [6, 6.07) is 12.7. The van der Waals surface area contributed by atoms with Crippen LogP contribution < -0.4 is 10.7 Å². The van der Waals surface area contributed by atoms with Crippen molar-refractivity contribution in [2.45, 2.75) is 111 Å². The number of methoxy groups -OCH3 is 1. The van der Waals surface area contributed by atoms with Crippen LogP contribution in [-0.4, -0.2) is 143 Å². The summed E-state index contributed by atoms with van der Waals surface area (Å²) < 4.78 is 14.3. The first-order valence-electron chi connectivity index (χ1n) is 25.3. The number of pyridine rings is 1. The predicted octanol–water partition coefficient (Wildman–Crippen LogP) is 6.05. The Morgan fingerprint density at radius 2 is 1.82 bits per heavy atom. The number of phenols is 1. The molecule has 0 aliphatic carbocycles. The third-order valence-electron chi connectivity index (χ3n) is 14.9. The van der Waals surface area contributed by atoms with Crippen LogP contribution in [0.25, 0.3) is 33.3 Å². The standard InChI is InChI=1S/C55H72N8O8/c1-10-61-45-18-17-37-30-41(45)42(49(61)40-14-11-21-56-47(40)35(4)70-9)31-54(5,6)33-71-52(68)43-15-12-23-63(58-43)51(67)44(28-36-26-38(37)29-39(64)27-36)57-50(66)48(34(2)3)62-25-20-55(53(62)69)19-24-60(32-55)46(65)16-13-22-59(7)8/h11,13-14,16-18,21,26-27,29-30,34-35,43-44,48,58,64H,10,12,15,19-20,22-25,28,31-33H2,1-9H3,(H,57,66)/b16-13+/t35-,43-,44-,48?,55-/m0/s1. The number of hydrogen-bond donors (Lipinski definition) is 3. The summed E-state index contributed by atoms with van der Waals surface area (Å²) in [6.45, 7) is 14.8. The lowest BCUT2D eigenvalue weighted by molar-refractivity contribution is -0.155. The molecule has 5 atom stereocenters. The van der Waals surface area contributed by atoms with Gasteiger partial charge in [-0.15, -0.1) is 0 Å². The molecule has 1 spiro atoms. The van der Waals surface area contributed by atoms with Crippen molar-refractivity contribution in [1.29, 1.82) is 0 Å². The van der Waals surface area contributed by atoms with E-state index in [4.69, 9.17) is 14.5 Å². The molecule has 8 rings (SSSR count). The summed E-state index contributed by atoms with van der Waals surface area (Å²) in [5, 5.41) is 16.9. The molecule has 4 aromatic rings. The number of hydrazine groups is 1. The van der Waals surface area contributed by atoms with Gasteiger partial charge in [-0.05, 0) is 125 Å². The average Bonchev–Trinajstić information content (AvgIpc) is 4.01. The second kappa shape index (κ2) is 20.9. The summed E-state index contributed by atoms with van der Waals surface area (Å²) in [6.07, 6.45) is 7.37. The maximum absolute atomic E-state index is 14.9. The number of likely N-dealkylation sites (N-methyl/N-ethyl adjacent to an activating group) is 1. The number of cyclic esters (lactones) is 1. The SMILES string of the molecule is CCn1c(-c2cccnc2[C@H](C)OC)c2c3cc(ccc31)-c1cc(O)cc(c1)C[C@H](NC(=O)C(C(C)C)N1CC[C@]3(CCN(C(=O)/C=C/CN(C)C)C3)C1=O)C(=O)N1CCC[C@H](N1)C(=O)OCC(C)(C)C2. The van der Waals surface area contributed by atoms with Crippen LogP contribution in [0.4, 0.5) is 0 Å². The van der Waals surface area contributed by atoms with Crippen LogP contribution in [0.15, 0.2) is 66.9 Å². The predicted molar refractivity (Wildman–Crippen MR) is 272 cm³/mol. The van der Waals surface area contributed by atoms with E-state index in [-0.39, 0.29) is 55.7 Å². The van der Waals surface area contributed by atoms with Crippen molar-refractivity contribution >= 4 is 40.5 Å². The van der Waals surface area contributed by atoms with E-state index in [9.17, 15) is 29.1 Å². The van der Waals surface area contributed by atoms with Crippen molar-refractivity contribution in [3.05, 3.63) is 83.7 Å². The number of esters is 1. The van der Waals surface area contributed by atoms with E-state index >= 15 is 0 Å². The lowest BCUT2D eigenvalue weighted by atomic mass is 9.84. The molecule has 3 saturated heterocycles. The number of rotatable bonds is 11. The second-order valence-electron chi connectivity index (χ2n) is 21.4. The number of hydrogen-bond acceptors (Lipinski definition) is 11. The van der Waals surface area contributed by atoms with Crippen molar-refractivity contribution < 1.29 is 38.6 Å². The molecule has 0 saturated carbocycles. The molecule has 71 heavy (non-hydrogen) atoms. The molecule has 4 aliphatic heterocycles. The summed E-state index contributed by atoms with van der Waals surface area (Å²) in [5.41, 5.74) is 8.81. The minimum Gasteiger partial charge on any atom is -0.508 e. The highest BCUT2D eigenvalue weighted by molar-refractivity contribution is 5.97. The average molecular weight is 973 g/mol. The van der Waals surface area contributed by atoms with E-state index in [0.29, 0.717) is 63.8 Å². The number of aromatic nitrogens is 2. The molecule has 4 aliphatic rings. The van der Waals surface area contributed by atoms with Crippen LogP contribution in [0.3, 0.4) is 0 Å². The minimum absolute atomic E-state index is 0.000110. The van der Waals surface area contributed by atoms with Gasteiger partial charge in [0, 0.05) is 87.0 Å². The summed E-state index contributed by atoms with van der Waals surface area (Å²) >= 11 is 0. The molecule has 3 fully saturated rings. The van der Waals surface area contributed by atoms with Crippen LogP contribution in [0.2, 0.25) is 0 Å². The van der Waals surface area contributed by atoms with Crippen molar-refractivity contribution in [1.82, 2.24) is 40.0 Å². The number of ether oxygens (including phenoxy) is 2. The Morgan fingerprint density at radius 3 is 2.55 bits per heavy atom. The molecule has 16 nitrogen and oxygen atoms in total. The van der Waals surface area contributed by atoms with Gasteiger partial charge in [0.15, 0.2) is 0 Å². The van der Waals surface area contributed by atoms with Crippen LogP contribution in [0, 0.1) is 16.7 Å². The molecular weight excluding hydrogens is 901 g/mol. The lowest BCUT2D eigenvalue weighted by Crippen LogP contribution is -2.62. The molecule has 2 aromatic heterocycles. The molecular formula is C55H72N8O8. The Hall–Kier alpha value is -6.10. The molecule has 380 valence electrons. The third-order valence-corrected chi connectivity index (χ3v) is 14.9. The first kappa shape index (κ1) is 51.3. The Kier molecular flexibility index (Phi) is 15.1. The van der Waals surface area contributed by atoms with Gasteiger partial charge in [0.05, 0.1) is 29.5 Å². The minimum atomic E-state index is -1.16. The summed E-state index contributed by atoms with van der Waals surface area (Å²) in [4.78, 5) is 81.4. The number of aryl methyl sites for hydroxylation is 1. The van der Waals surface area contributed by atoms with Gasteiger partial charge in [-0.2, -0.15) is 0 Å². The molecule has 6 heterocycles. The van der Waals surface area contributed by atoms with E-state index in [1.54, 1.807) is 41.3 Å². The lowest BCUT2D eigenvalue weighted by Gasteiger charge is -2.37. The Morgan fingerprint density at radius 1 is 1.04 bits per heavy atom. The fourth-order valence-corrected chi connectivity index (χ4v) is 11.1. The fourth-order valence-electron chi connectivity index (χ4n) is 11.1. The number of likely N-dealkylation sites (tertiary alicyclic amines) is 2. The number of nitrogens with one attached hydrogen (secondary N) is 2. The maximum atomic E-state index is 14.9. The summed E-state index contributed by atoms with van der Waals surface area (Å²) in [7, 11) is 5.53. The molecule has 0 radical (unpaired) electrons. The zero-order valence-electron chi connectivity index (χ0n) is 42.9. The number of phenolic OH excluding ortho intramolecular Hbond substituents is 1. The fraction of sp³-hybridized carbons (Fsp3) is 0.527. The van der Waals surface area contributed by atoms with E-state index in [0.717, 1.165) is 44.5 Å². The number of carbonyl (C=O) groups excluding carboxylic acids is 5. The van der Waals surface area contributed by atoms with Gasteiger partial charge >= 0.3 is 5.97 Å². The van der Waals surface area contributed by atoms with Crippen LogP contribution in [0.5, 0.6) is 5.75 Å². The van der Waals surface area contributed by atoms with Crippen LogP contribution in [0.1, 0.15) is 90.2 Å². The number of amides is 4. The van der Waals surface area contributed by atoms with Crippen LogP contribution >= 0.6 is 0 Å². The van der Waals surface area contributed by atoms with E-state index in [1.807, 2.05) is 64.0 Å². The van der Waals surface area contributed by atoms with Gasteiger partial charge in [0.25, 0.3) is 5.91 Å². The number of benzene rings is 2. The summed E-state index contributed by atoms with van der Waals surface area (Å²) in [5.74, 6) is -2.05. The quantitative estimate of drug-likeness (QED) is 0.118. The van der Waals surface area contributed by atoms with Gasteiger partial charge in [-0.1, -0.05) is 45.9 Å². The Balaban J connectivity index is 1.16. The molecule has 1 unspecified atom stereocenters. The molecule has 4 amide bonds. The molecule has 16 heteroatoms. The molecule has 2 aromatic carbocycles. The zero-order chi connectivity index (χ0) is 50.9. The van der Waals surface area contributed by atoms with Gasteiger partial charge < -0.3 is 39.2 Å². The van der Waals surface area contributed by atoms with E-state index in [2.05, 4.69) is 54.3 Å². The second-order valence-corrected chi connectivity index (χ2v) is 21.4. The molecule has 6 bridgehead atoms. The highest BCUT2D eigenvalue weighted by Crippen LogP contribution is 2.44. The topological polar surface area (TPSA) is 179 Å². The van der Waals surface area contributed by atoms with Gasteiger partial charge in [-0.25, -0.2) is 5.43 Å². The Bertz CT molecular complexity index is 2710. The largest absolute Gasteiger partial charge is 0.508 e. The van der Waals surface area contributed by atoms with Gasteiger partial charge in [0.2, 0.25) is 17.7 Å². The first-order valence-corrected chi connectivity index (χ1v) is 25.3. The van der Waals surface area contributed by atoms with E-state index < -0.39 is 46.7 Å². The highest BCUT2D eigenvalue weighted by atomic mass is 16.5. The highest BCUT2D eigenvalue weighted by Gasteiger charge is 2.54. The Labute approximate surface area is 417 Å². The maximum Gasteiger partial charge on any atom is 0.324 e. The zero-order valence-corrected chi connectivity index (χ0v) is 42.9. The number of aromatic hydroxyl groups is 1. The van der Waals surface area contributed by atoms with Crippen molar-refractivity contribution in [3.8, 4) is 28.1 Å². The smallest absolute Gasteiger partial charge is 0.324 e. The number of carbonyl (C=O) groups is 5. The van der Waals surface area contributed by atoms with Crippen LogP contribution in [-0.2, 0) is 52.8 Å².